The van der Waals surface area contributed by atoms with Gasteiger partial charge in [0.25, 0.3) is 0 Å². The first-order chi connectivity index (χ1) is 34.2. The summed E-state index contributed by atoms with van der Waals surface area (Å²) in [5.41, 5.74) is 3.67. The summed E-state index contributed by atoms with van der Waals surface area (Å²) in [6.07, 6.45) is 19.2. The molecule has 0 atom stereocenters. The number of benzene rings is 2. The second-order valence-electron chi connectivity index (χ2n) is 21.1. The Labute approximate surface area is 418 Å². The molecule has 0 amide bonds. The third-order valence-corrected chi connectivity index (χ3v) is 15.0. The Morgan fingerprint density at radius 3 is 1.24 bits per heavy atom. The molecule has 376 valence electrons. The van der Waals surface area contributed by atoms with E-state index in [9.17, 15) is 0 Å². The third-order valence-electron chi connectivity index (χ3n) is 15.0. The van der Waals surface area contributed by atoms with E-state index < -0.39 is 0 Å². The van der Waals surface area contributed by atoms with Crippen LogP contribution in [0, 0.1) is 23.7 Å². The summed E-state index contributed by atoms with van der Waals surface area (Å²) in [6.45, 7) is 10.7. The van der Waals surface area contributed by atoms with Gasteiger partial charge in [-0.3, -0.25) is 0 Å². The van der Waals surface area contributed by atoms with E-state index in [0.717, 1.165) is 158 Å². The second-order valence-corrected chi connectivity index (χ2v) is 21.1. The molecule has 4 saturated heterocycles. The molecule has 0 unspecified atom stereocenters. The summed E-state index contributed by atoms with van der Waals surface area (Å²) >= 11 is 0. The number of rotatable bonds is 14. The molecular formula is C56H80N12O2. The zero-order valence-electron chi connectivity index (χ0n) is 43.3. The monoisotopic (exact) mass is 953 g/mol. The lowest BCUT2D eigenvalue weighted by atomic mass is 10.0. The first-order valence-corrected chi connectivity index (χ1v) is 26.8. The topological polar surface area (TPSA) is 114 Å². The molecule has 6 fully saturated rings. The molecule has 2 aliphatic carbocycles. The molecular weight excluding hydrogens is 873 g/mol. The number of nitrogens with one attached hydrogen (secondary N) is 2. The normalized spacial score (nSPS) is 19.6. The van der Waals surface area contributed by atoms with Crippen LogP contribution in [-0.2, 0) is 0 Å². The van der Waals surface area contributed by atoms with Gasteiger partial charge in [-0.15, -0.1) is 0 Å². The minimum atomic E-state index is 0.439. The van der Waals surface area contributed by atoms with E-state index in [1.807, 2.05) is 0 Å². The van der Waals surface area contributed by atoms with Crippen molar-refractivity contribution < 1.29 is 9.47 Å². The van der Waals surface area contributed by atoms with Crippen LogP contribution in [0.5, 0.6) is 11.5 Å². The van der Waals surface area contributed by atoms with E-state index in [-0.39, 0.29) is 0 Å². The molecule has 2 N–H and O–H groups in total. The number of hydrogen-bond acceptors (Lipinski definition) is 14. The van der Waals surface area contributed by atoms with E-state index in [2.05, 4.69) is 116 Å². The lowest BCUT2D eigenvalue weighted by molar-refractivity contribution is 0.210. The van der Waals surface area contributed by atoms with Crippen LogP contribution in [-0.4, -0.2) is 172 Å². The molecule has 0 bridgehead atoms. The van der Waals surface area contributed by atoms with Gasteiger partial charge in [0, 0.05) is 113 Å². The van der Waals surface area contributed by atoms with Gasteiger partial charge in [0.1, 0.15) is 23.1 Å². The van der Waals surface area contributed by atoms with E-state index in [0.29, 0.717) is 12.1 Å². The van der Waals surface area contributed by atoms with Crippen molar-refractivity contribution in [1.29, 1.82) is 0 Å². The van der Waals surface area contributed by atoms with E-state index in [1.54, 1.807) is 14.2 Å². The highest BCUT2D eigenvalue weighted by Crippen LogP contribution is 2.36. The highest BCUT2D eigenvalue weighted by Gasteiger charge is 2.33. The predicted molar refractivity (Wildman–Crippen MR) is 287 cm³/mol. The molecule has 2 aromatic heterocycles. The quantitative estimate of drug-likeness (QED) is 0.119. The molecule has 4 aromatic rings. The van der Waals surface area contributed by atoms with E-state index >= 15 is 0 Å². The fraction of sp³-hybridized carbons (Fsp3) is 0.643. The number of anilines is 4. The van der Waals surface area contributed by atoms with Gasteiger partial charge in [-0.25, -0.2) is 9.97 Å². The Morgan fingerprint density at radius 2 is 0.900 bits per heavy atom. The van der Waals surface area contributed by atoms with Gasteiger partial charge >= 0.3 is 0 Å². The average molecular weight is 953 g/mol. The largest absolute Gasteiger partial charge is 0.495 e. The van der Waals surface area contributed by atoms with Crippen LogP contribution in [0.15, 0.2) is 24.3 Å². The lowest BCUT2D eigenvalue weighted by Crippen LogP contribution is -2.40. The Hall–Kier alpha value is -5.12. The number of piperidine rings is 4. The van der Waals surface area contributed by atoms with Crippen LogP contribution >= 0.6 is 0 Å². The molecule has 70 heavy (non-hydrogen) atoms. The zero-order chi connectivity index (χ0) is 48.4. The molecule has 14 heteroatoms. The standard InChI is InChI=1S/2C28H40N6O/c2*1-32(2)14-8-5-9-21-19-25-24(20-26(21)35-3)27(31-28(30-25)34-15-6-4-7-16-34)29-22-12-17-33(18-13-22)23-10-11-23/h2*19-20,22-23H,4,6-8,10-18H2,1-3H3,(H,29,30,31). The molecule has 4 aliphatic heterocycles. The third kappa shape index (κ3) is 13.2. The molecule has 2 saturated carbocycles. The van der Waals surface area contributed by atoms with Crippen molar-refractivity contribution in [3.05, 3.63) is 35.4 Å². The van der Waals surface area contributed by atoms with Crippen LogP contribution in [0.2, 0.25) is 0 Å². The van der Waals surface area contributed by atoms with Crippen LogP contribution in [0.3, 0.4) is 0 Å². The SMILES string of the molecule is COc1cc2c(NC3CCN(C4CC4)CC3)nc(N3CCCCC3)nc2cc1C#CCCN(C)C.COc1cc2c(NC3CCN(C4CC4)CC3)nc(N3CCCCC3)nc2cc1C#CCCN(C)C. The number of hydrogen-bond donors (Lipinski definition) is 2. The maximum absolute atomic E-state index is 5.76. The van der Waals surface area contributed by atoms with Gasteiger partial charge in [-0.05, 0) is 142 Å². The molecule has 0 radical (unpaired) electrons. The highest BCUT2D eigenvalue weighted by molar-refractivity contribution is 5.94. The number of methoxy groups -OCH3 is 2. The molecule has 0 spiro atoms. The predicted octanol–water partition coefficient (Wildman–Crippen LogP) is 7.94. The van der Waals surface area contributed by atoms with Gasteiger partial charge in [0.05, 0.1) is 36.4 Å². The van der Waals surface area contributed by atoms with Gasteiger partial charge in [-0.1, -0.05) is 23.7 Å². The average Bonchev–Trinajstić information content (AvgIpc) is 4.33. The summed E-state index contributed by atoms with van der Waals surface area (Å²) < 4.78 is 11.5. The van der Waals surface area contributed by atoms with Gasteiger partial charge in [0.2, 0.25) is 11.9 Å². The summed E-state index contributed by atoms with van der Waals surface area (Å²) in [5.74, 6) is 18.4. The van der Waals surface area contributed by atoms with Crippen LogP contribution in [0.25, 0.3) is 21.8 Å². The first kappa shape index (κ1) is 49.8. The fourth-order valence-electron chi connectivity index (χ4n) is 10.5. The summed E-state index contributed by atoms with van der Waals surface area (Å²) in [7, 11) is 11.7. The number of aromatic nitrogens is 4. The molecule has 6 heterocycles. The number of likely N-dealkylation sites (tertiary alicyclic amines) is 2. The Balaban J connectivity index is 0.000000174. The highest BCUT2D eigenvalue weighted by atomic mass is 16.5. The minimum Gasteiger partial charge on any atom is -0.495 e. The van der Waals surface area contributed by atoms with Crippen molar-refractivity contribution >= 4 is 45.3 Å². The summed E-state index contributed by atoms with van der Waals surface area (Å²) in [5, 5.41) is 9.67. The van der Waals surface area contributed by atoms with E-state index in [1.165, 1.54) is 90.4 Å². The van der Waals surface area contributed by atoms with Crippen molar-refractivity contribution in [2.45, 2.75) is 127 Å². The van der Waals surface area contributed by atoms with Crippen LogP contribution in [0.4, 0.5) is 23.5 Å². The summed E-state index contributed by atoms with van der Waals surface area (Å²) in [6, 6.07) is 10.9. The first-order valence-electron chi connectivity index (χ1n) is 26.8. The molecule has 10 rings (SSSR count). The number of ether oxygens (including phenoxy) is 2. The Bertz CT molecular complexity index is 2320. The van der Waals surface area contributed by atoms with Crippen molar-refractivity contribution in [2.75, 3.05) is 128 Å². The molecule has 6 aliphatic rings. The smallest absolute Gasteiger partial charge is 0.227 e. The zero-order valence-corrected chi connectivity index (χ0v) is 43.3. The van der Waals surface area contributed by atoms with Gasteiger partial charge in [-0.2, -0.15) is 9.97 Å². The minimum absolute atomic E-state index is 0.439. The van der Waals surface area contributed by atoms with Gasteiger partial charge < -0.3 is 49.5 Å². The lowest BCUT2D eigenvalue weighted by Gasteiger charge is -2.33. The maximum atomic E-state index is 5.76. The van der Waals surface area contributed by atoms with Crippen LogP contribution in [0.1, 0.15) is 114 Å². The Kier molecular flexibility index (Phi) is 17.0. The number of fused-ring (bicyclic) bond motifs is 2. The van der Waals surface area contributed by atoms with Crippen molar-refractivity contribution in [3.8, 4) is 35.2 Å². The van der Waals surface area contributed by atoms with Crippen molar-refractivity contribution in [2.24, 2.45) is 0 Å². The number of nitrogens with zero attached hydrogens (tertiary/aromatic N) is 10. The maximum Gasteiger partial charge on any atom is 0.227 e. The Morgan fingerprint density at radius 1 is 0.514 bits per heavy atom. The van der Waals surface area contributed by atoms with Gasteiger partial charge in [0.15, 0.2) is 0 Å². The summed E-state index contributed by atoms with van der Waals surface area (Å²) in [4.78, 5) is 34.5. The van der Waals surface area contributed by atoms with Crippen molar-refractivity contribution in [3.63, 3.8) is 0 Å². The van der Waals surface area contributed by atoms with E-state index in [4.69, 9.17) is 29.4 Å². The van der Waals surface area contributed by atoms with Crippen molar-refractivity contribution in [1.82, 2.24) is 39.5 Å². The molecule has 2 aromatic carbocycles. The fourth-order valence-corrected chi connectivity index (χ4v) is 10.5. The molecule has 14 nitrogen and oxygen atoms in total. The van der Waals surface area contributed by atoms with Crippen LogP contribution < -0.4 is 29.9 Å². The second kappa shape index (κ2) is 23.9.